The fourth-order valence-electron chi connectivity index (χ4n) is 3.10. The molecule has 0 saturated heterocycles. The normalized spacial score (nSPS) is 11.0. The third kappa shape index (κ3) is 3.79. The van der Waals surface area contributed by atoms with Crippen molar-refractivity contribution in [3.8, 4) is 0 Å². The average molecular weight is 401 g/mol. The Hall–Kier alpha value is -3.40. The number of hydrogen-bond acceptors (Lipinski definition) is 7. The third-order valence-corrected chi connectivity index (χ3v) is 4.52. The van der Waals surface area contributed by atoms with Crippen molar-refractivity contribution in [2.24, 2.45) is 14.1 Å². The number of benzene rings is 1. The van der Waals surface area contributed by atoms with Crippen LogP contribution in [-0.2, 0) is 25.4 Å². The Bertz CT molecular complexity index is 1170. The summed E-state index contributed by atoms with van der Waals surface area (Å²) in [5, 5.41) is 12.1. The van der Waals surface area contributed by atoms with Crippen molar-refractivity contribution in [2.45, 2.75) is 13.5 Å². The maximum absolute atomic E-state index is 12.8. The largest absolute Gasteiger partial charge is 0.462 e. The van der Waals surface area contributed by atoms with E-state index in [1.807, 2.05) is 6.07 Å². The summed E-state index contributed by atoms with van der Waals surface area (Å²) in [6, 6.07) is 6.89. The van der Waals surface area contributed by atoms with Gasteiger partial charge in [0, 0.05) is 20.6 Å². The van der Waals surface area contributed by atoms with Gasteiger partial charge in [-0.2, -0.15) is 4.98 Å². The maximum Gasteiger partial charge on any atom is 0.338 e. The molecular formula is C19H23N5O5. The lowest BCUT2D eigenvalue weighted by molar-refractivity contribution is 0.0526. The third-order valence-electron chi connectivity index (χ3n) is 4.52. The summed E-state index contributed by atoms with van der Waals surface area (Å²) in [5.41, 5.74) is 0.674. The zero-order valence-electron chi connectivity index (χ0n) is 16.5. The Morgan fingerprint density at radius 2 is 2.00 bits per heavy atom. The molecule has 154 valence electrons. The molecule has 0 saturated carbocycles. The van der Waals surface area contributed by atoms with Gasteiger partial charge >= 0.3 is 11.7 Å². The first-order valence-electron chi connectivity index (χ1n) is 9.16. The van der Waals surface area contributed by atoms with Gasteiger partial charge in [-0.3, -0.25) is 18.5 Å². The van der Waals surface area contributed by atoms with Crippen molar-refractivity contribution in [1.82, 2.24) is 18.7 Å². The summed E-state index contributed by atoms with van der Waals surface area (Å²) in [7, 11) is 2.95. The highest BCUT2D eigenvalue weighted by atomic mass is 16.5. The highest BCUT2D eigenvalue weighted by Crippen LogP contribution is 2.18. The van der Waals surface area contributed by atoms with Crippen LogP contribution in [-0.4, -0.2) is 49.5 Å². The first kappa shape index (κ1) is 20.3. The molecule has 2 N–H and O–H groups in total. The van der Waals surface area contributed by atoms with Gasteiger partial charge in [0.1, 0.15) is 0 Å². The van der Waals surface area contributed by atoms with E-state index in [1.54, 1.807) is 36.7 Å². The van der Waals surface area contributed by atoms with E-state index >= 15 is 0 Å². The number of anilines is 1. The topological polar surface area (TPSA) is 120 Å². The summed E-state index contributed by atoms with van der Waals surface area (Å²) in [4.78, 5) is 41.5. The molecule has 2 heterocycles. The zero-order chi connectivity index (χ0) is 21.1. The molecule has 0 unspecified atom stereocenters. The smallest absolute Gasteiger partial charge is 0.338 e. The summed E-state index contributed by atoms with van der Waals surface area (Å²) in [6.45, 7) is 2.33. The number of aliphatic hydroxyl groups excluding tert-OH is 1. The van der Waals surface area contributed by atoms with Crippen LogP contribution < -0.4 is 16.6 Å². The van der Waals surface area contributed by atoms with Crippen LogP contribution in [0.3, 0.4) is 0 Å². The van der Waals surface area contributed by atoms with Crippen LogP contribution in [0.5, 0.6) is 0 Å². The number of fused-ring (bicyclic) bond motifs is 1. The summed E-state index contributed by atoms with van der Waals surface area (Å²) in [5.74, 6) is -0.0873. The second-order valence-corrected chi connectivity index (χ2v) is 6.47. The number of rotatable bonds is 7. The lowest BCUT2D eigenvalue weighted by atomic mass is 10.1. The lowest BCUT2D eigenvalue weighted by Gasteiger charge is -2.11. The highest BCUT2D eigenvalue weighted by Gasteiger charge is 2.19. The Kier molecular flexibility index (Phi) is 5.83. The number of carbonyl (C=O) groups excluding carboxylic acids is 1. The molecule has 1 aromatic carbocycles. The predicted octanol–water partition coefficient (Wildman–Crippen LogP) is 0.0629. The monoisotopic (exact) mass is 401 g/mol. The molecule has 3 rings (SSSR count). The number of aryl methyl sites for hydroxylation is 1. The standard InChI is InChI=1S/C19H23N5O5/c1-4-29-17(27)13-7-5-6-12(10-13)11-24-14-15(21-18(24)20-8-9-25)22(2)19(28)23(3)16(14)26/h5-7,10,25H,4,8-9,11H2,1-3H3,(H,20,21). The van der Waals surface area contributed by atoms with Gasteiger partial charge in [-0.25, -0.2) is 9.59 Å². The van der Waals surface area contributed by atoms with Crippen molar-refractivity contribution in [3.63, 3.8) is 0 Å². The first-order chi connectivity index (χ1) is 13.9. The Morgan fingerprint density at radius 3 is 2.69 bits per heavy atom. The van der Waals surface area contributed by atoms with Crippen molar-refractivity contribution >= 4 is 23.1 Å². The molecule has 0 aliphatic rings. The van der Waals surface area contributed by atoms with Crippen molar-refractivity contribution in [2.75, 3.05) is 25.1 Å². The van der Waals surface area contributed by atoms with Crippen LogP contribution in [0.4, 0.5) is 5.95 Å². The number of ether oxygens (including phenoxy) is 1. The van der Waals surface area contributed by atoms with Crippen LogP contribution in [0.25, 0.3) is 11.2 Å². The van der Waals surface area contributed by atoms with Crippen LogP contribution >= 0.6 is 0 Å². The van der Waals surface area contributed by atoms with Crippen LogP contribution in [0.1, 0.15) is 22.8 Å². The Morgan fingerprint density at radius 1 is 1.24 bits per heavy atom. The van der Waals surface area contributed by atoms with Gasteiger partial charge in [0.25, 0.3) is 5.56 Å². The Balaban J connectivity index is 2.15. The first-order valence-corrected chi connectivity index (χ1v) is 9.16. The minimum atomic E-state index is -0.481. The van der Waals surface area contributed by atoms with Gasteiger partial charge in [-0.05, 0) is 24.6 Å². The van der Waals surface area contributed by atoms with E-state index in [2.05, 4.69) is 10.3 Å². The number of carbonyl (C=O) groups is 1. The second-order valence-electron chi connectivity index (χ2n) is 6.47. The number of imidazole rings is 1. The SMILES string of the molecule is CCOC(=O)c1cccc(Cn2c(NCCO)nc3c2c(=O)n(C)c(=O)n3C)c1. The molecular weight excluding hydrogens is 378 g/mol. The van der Waals surface area contributed by atoms with E-state index in [0.29, 0.717) is 11.5 Å². The van der Waals surface area contributed by atoms with E-state index < -0.39 is 17.2 Å². The number of nitrogens with one attached hydrogen (secondary N) is 1. The Labute approximate surface area is 166 Å². The van der Waals surface area contributed by atoms with Gasteiger partial charge in [-0.15, -0.1) is 0 Å². The van der Waals surface area contributed by atoms with Gasteiger partial charge in [0.05, 0.1) is 25.3 Å². The van der Waals surface area contributed by atoms with Gasteiger partial charge in [0.2, 0.25) is 5.95 Å². The van der Waals surface area contributed by atoms with Crippen LogP contribution in [0, 0.1) is 0 Å². The van der Waals surface area contributed by atoms with Crippen molar-refractivity contribution in [3.05, 3.63) is 56.2 Å². The average Bonchev–Trinajstić information content (AvgIpc) is 3.07. The minimum absolute atomic E-state index is 0.126. The van der Waals surface area contributed by atoms with Gasteiger partial charge in [-0.1, -0.05) is 12.1 Å². The van der Waals surface area contributed by atoms with E-state index in [0.717, 1.165) is 10.1 Å². The number of nitrogens with zero attached hydrogens (tertiary/aromatic N) is 4. The molecule has 0 aliphatic carbocycles. The lowest BCUT2D eigenvalue weighted by Crippen LogP contribution is -2.37. The summed E-state index contributed by atoms with van der Waals surface area (Å²) >= 11 is 0. The number of hydrogen-bond donors (Lipinski definition) is 2. The molecule has 10 heteroatoms. The number of esters is 1. The molecule has 0 spiro atoms. The molecule has 0 fully saturated rings. The van der Waals surface area contributed by atoms with Crippen LogP contribution in [0.15, 0.2) is 33.9 Å². The van der Waals surface area contributed by atoms with E-state index in [1.165, 1.54) is 11.6 Å². The van der Waals surface area contributed by atoms with Crippen LogP contribution in [0.2, 0.25) is 0 Å². The van der Waals surface area contributed by atoms with Gasteiger partial charge in [0.15, 0.2) is 11.2 Å². The number of aliphatic hydroxyl groups is 1. The molecule has 0 amide bonds. The molecule has 3 aromatic rings. The van der Waals surface area contributed by atoms with Crippen molar-refractivity contribution in [1.29, 1.82) is 0 Å². The molecule has 0 atom stereocenters. The van der Waals surface area contributed by atoms with E-state index in [4.69, 9.17) is 9.84 Å². The molecule has 10 nitrogen and oxygen atoms in total. The molecule has 2 aromatic heterocycles. The minimum Gasteiger partial charge on any atom is -0.462 e. The fraction of sp³-hybridized carbons (Fsp3) is 0.368. The molecule has 29 heavy (non-hydrogen) atoms. The molecule has 0 aliphatic heterocycles. The highest BCUT2D eigenvalue weighted by molar-refractivity contribution is 5.89. The molecule has 0 bridgehead atoms. The fourth-order valence-corrected chi connectivity index (χ4v) is 3.10. The quantitative estimate of drug-likeness (QED) is 0.537. The predicted molar refractivity (Wildman–Crippen MR) is 107 cm³/mol. The summed E-state index contributed by atoms with van der Waals surface area (Å²) in [6.07, 6.45) is 0. The maximum atomic E-state index is 12.8. The zero-order valence-corrected chi connectivity index (χ0v) is 16.5. The second kappa shape index (κ2) is 8.31. The van der Waals surface area contributed by atoms with Crippen molar-refractivity contribution < 1.29 is 14.6 Å². The van der Waals surface area contributed by atoms with E-state index in [-0.39, 0.29) is 37.5 Å². The molecule has 0 radical (unpaired) electrons. The van der Waals surface area contributed by atoms with E-state index in [9.17, 15) is 14.4 Å². The van der Waals surface area contributed by atoms with Gasteiger partial charge < -0.3 is 15.2 Å². The number of aromatic nitrogens is 4. The summed E-state index contributed by atoms with van der Waals surface area (Å²) < 4.78 is 8.99.